The third-order valence-electron chi connectivity index (χ3n) is 4.74. The number of likely N-dealkylation sites (N-methyl/N-ethyl adjacent to an activating group) is 1. The van der Waals surface area contributed by atoms with Crippen molar-refractivity contribution in [2.24, 2.45) is 5.92 Å². The highest BCUT2D eigenvalue weighted by Crippen LogP contribution is 2.36. The Bertz CT molecular complexity index is 618. The molecule has 1 aromatic carbocycles. The number of benzene rings is 1. The van der Waals surface area contributed by atoms with E-state index in [0.717, 1.165) is 11.3 Å². The van der Waals surface area contributed by atoms with Gasteiger partial charge in [0.1, 0.15) is 5.75 Å². The number of carbonyl (C=O) groups is 2. The van der Waals surface area contributed by atoms with Gasteiger partial charge in [-0.05, 0) is 38.2 Å². The van der Waals surface area contributed by atoms with Crippen molar-refractivity contribution >= 4 is 11.8 Å². The van der Waals surface area contributed by atoms with Crippen LogP contribution in [0.5, 0.6) is 5.75 Å². The fourth-order valence-corrected chi connectivity index (χ4v) is 3.41. The fourth-order valence-electron chi connectivity index (χ4n) is 3.41. The summed E-state index contributed by atoms with van der Waals surface area (Å²) in [7, 11) is 7.07. The number of nitrogens with one attached hydrogen (secondary N) is 1. The third-order valence-corrected chi connectivity index (χ3v) is 4.74. The van der Waals surface area contributed by atoms with Gasteiger partial charge in [0.15, 0.2) is 0 Å². The van der Waals surface area contributed by atoms with Crippen molar-refractivity contribution in [1.82, 2.24) is 15.1 Å². The summed E-state index contributed by atoms with van der Waals surface area (Å²) in [5.74, 6) is 0.273. The largest absolute Gasteiger partial charge is 0.497 e. The monoisotopic (exact) mass is 363 g/mol. The molecule has 0 aromatic heterocycles. The summed E-state index contributed by atoms with van der Waals surface area (Å²) in [5.41, 5.74) is 0.898. The van der Waals surface area contributed by atoms with Gasteiger partial charge in [0.05, 0.1) is 25.2 Å². The Morgan fingerprint density at radius 2 is 2.04 bits per heavy atom. The Morgan fingerprint density at radius 1 is 1.38 bits per heavy atom. The summed E-state index contributed by atoms with van der Waals surface area (Å²) >= 11 is 0. The zero-order chi connectivity index (χ0) is 19.3. The van der Waals surface area contributed by atoms with Crippen LogP contribution in [-0.2, 0) is 9.59 Å². The summed E-state index contributed by atoms with van der Waals surface area (Å²) in [5, 5.41) is 12.8. The average Bonchev–Trinajstić information content (AvgIpc) is 2.61. The Balaban J connectivity index is 2.12. The molecule has 0 saturated carbocycles. The van der Waals surface area contributed by atoms with Crippen molar-refractivity contribution in [1.29, 1.82) is 0 Å². The lowest BCUT2D eigenvalue weighted by molar-refractivity contribution is -0.141. The minimum atomic E-state index is -0.628. The van der Waals surface area contributed by atoms with Crippen LogP contribution in [0.2, 0.25) is 0 Å². The van der Waals surface area contributed by atoms with Gasteiger partial charge in [-0.15, -0.1) is 0 Å². The van der Waals surface area contributed by atoms with Crippen LogP contribution in [0.4, 0.5) is 0 Å². The Hall–Kier alpha value is -2.12. The van der Waals surface area contributed by atoms with Crippen LogP contribution in [-0.4, -0.2) is 74.2 Å². The molecular formula is C19H29N3O4. The number of hydrogen-bond acceptors (Lipinski definition) is 5. The molecule has 0 radical (unpaired) electrons. The first-order valence-electron chi connectivity index (χ1n) is 8.83. The van der Waals surface area contributed by atoms with Gasteiger partial charge in [0, 0.05) is 26.6 Å². The molecule has 1 fully saturated rings. The molecule has 0 bridgehead atoms. The summed E-state index contributed by atoms with van der Waals surface area (Å²) in [6.45, 7) is 0.672. The molecule has 2 N–H and O–H groups in total. The normalized spacial score (nSPS) is 21.6. The molecule has 0 spiro atoms. The number of amides is 2. The minimum absolute atomic E-state index is 0.0301. The molecule has 0 aliphatic carbocycles. The molecule has 7 heteroatoms. The first kappa shape index (κ1) is 20.2. The number of piperidine rings is 1. The molecule has 144 valence electrons. The van der Waals surface area contributed by atoms with E-state index in [2.05, 4.69) is 5.32 Å². The second kappa shape index (κ2) is 9.00. The maximum atomic E-state index is 12.7. The smallest absolute Gasteiger partial charge is 0.225 e. The number of nitrogens with zero attached hydrogens (tertiary/aromatic N) is 2. The van der Waals surface area contributed by atoms with Crippen molar-refractivity contribution in [2.75, 3.05) is 41.3 Å². The summed E-state index contributed by atoms with van der Waals surface area (Å²) in [4.78, 5) is 28.4. The van der Waals surface area contributed by atoms with Crippen LogP contribution in [0, 0.1) is 5.92 Å². The number of likely N-dealkylation sites (tertiary alicyclic amines) is 1. The van der Waals surface area contributed by atoms with Crippen molar-refractivity contribution in [3.8, 4) is 5.75 Å². The van der Waals surface area contributed by atoms with E-state index >= 15 is 0 Å². The molecule has 1 heterocycles. The standard InChI is InChI=1S/C19H29N3O4/c1-21(2)12-14(23)11-20-19(25)16-9-10-17(24)22(3)18(16)13-5-7-15(26-4)8-6-13/h5-8,14,16,18,23H,9-12H2,1-4H3,(H,20,25). The van der Waals surface area contributed by atoms with Gasteiger partial charge >= 0.3 is 0 Å². The van der Waals surface area contributed by atoms with Crippen molar-refractivity contribution in [3.05, 3.63) is 29.8 Å². The van der Waals surface area contributed by atoms with Crippen molar-refractivity contribution in [3.63, 3.8) is 0 Å². The van der Waals surface area contributed by atoms with E-state index in [1.165, 1.54) is 0 Å². The van der Waals surface area contributed by atoms with E-state index in [1.807, 2.05) is 43.3 Å². The number of rotatable bonds is 7. The highest BCUT2D eigenvalue weighted by Gasteiger charge is 2.38. The minimum Gasteiger partial charge on any atom is -0.497 e. The number of ether oxygens (including phenoxy) is 1. The van der Waals surface area contributed by atoms with Gasteiger partial charge in [-0.1, -0.05) is 12.1 Å². The highest BCUT2D eigenvalue weighted by molar-refractivity contribution is 5.84. The van der Waals surface area contributed by atoms with Crippen LogP contribution in [0.25, 0.3) is 0 Å². The first-order valence-corrected chi connectivity index (χ1v) is 8.83. The van der Waals surface area contributed by atoms with Crippen molar-refractivity contribution in [2.45, 2.75) is 25.0 Å². The predicted octanol–water partition coefficient (Wildman–Crippen LogP) is 0.643. The average molecular weight is 363 g/mol. The van der Waals surface area contributed by atoms with Gasteiger partial charge in [-0.2, -0.15) is 0 Å². The molecular weight excluding hydrogens is 334 g/mol. The van der Waals surface area contributed by atoms with Gasteiger partial charge in [0.25, 0.3) is 0 Å². The molecule has 1 aliphatic rings. The first-order chi connectivity index (χ1) is 12.3. The Morgan fingerprint density at radius 3 is 2.62 bits per heavy atom. The number of hydrogen-bond donors (Lipinski definition) is 2. The Kier molecular flexibility index (Phi) is 6.99. The van der Waals surface area contributed by atoms with Crippen LogP contribution in [0.15, 0.2) is 24.3 Å². The topological polar surface area (TPSA) is 82.1 Å². The molecule has 2 amide bonds. The van der Waals surface area contributed by atoms with Crippen LogP contribution in [0.3, 0.4) is 0 Å². The molecule has 1 saturated heterocycles. The summed E-state index contributed by atoms with van der Waals surface area (Å²) in [6, 6.07) is 7.11. The van der Waals surface area contributed by atoms with Crippen LogP contribution >= 0.6 is 0 Å². The molecule has 3 atom stereocenters. The molecule has 1 aromatic rings. The molecule has 1 aliphatic heterocycles. The molecule has 2 rings (SSSR count). The van der Waals surface area contributed by atoms with E-state index in [-0.39, 0.29) is 30.3 Å². The van der Waals surface area contributed by atoms with Gasteiger partial charge in [-0.25, -0.2) is 0 Å². The lowest BCUT2D eigenvalue weighted by atomic mass is 9.84. The number of carbonyl (C=O) groups excluding carboxylic acids is 2. The van der Waals surface area contributed by atoms with Crippen molar-refractivity contribution < 1.29 is 19.4 Å². The molecule has 7 nitrogen and oxygen atoms in total. The zero-order valence-electron chi connectivity index (χ0n) is 15.9. The van der Waals surface area contributed by atoms with Gasteiger partial charge in [0.2, 0.25) is 11.8 Å². The zero-order valence-corrected chi connectivity index (χ0v) is 15.9. The van der Waals surface area contributed by atoms with E-state index in [0.29, 0.717) is 19.4 Å². The van der Waals surface area contributed by atoms with E-state index in [1.54, 1.807) is 19.1 Å². The summed E-state index contributed by atoms with van der Waals surface area (Å²) < 4.78 is 5.18. The highest BCUT2D eigenvalue weighted by atomic mass is 16.5. The van der Waals surface area contributed by atoms with Crippen LogP contribution < -0.4 is 10.1 Å². The maximum absolute atomic E-state index is 12.7. The number of methoxy groups -OCH3 is 1. The quantitative estimate of drug-likeness (QED) is 0.743. The maximum Gasteiger partial charge on any atom is 0.225 e. The second-order valence-electron chi connectivity index (χ2n) is 7.03. The number of aliphatic hydroxyl groups is 1. The van der Waals surface area contributed by atoms with E-state index < -0.39 is 6.10 Å². The fraction of sp³-hybridized carbons (Fsp3) is 0.579. The lowest BCUT2D eigenvalue weighted by Gasteiger charge is -2.38. The van der Waals surface area contributed by atoms with Crippen LogP contribution in [0.1, 0.15) is 24.4 Å². The summed E-state index contributed by atoms with van der Waals surface area (Å²) in [6.07, 6.45) is 0.216. The Labute approximate surface area is 154 Å². The molecule has 3 unspecified atom stereocenters. The van der Waals surface area contributed by atoms with E-state index in [9.17, 15) is 14.7 Å². The second-order valence-corrected chi connectivity index (χ2v) is 7.03. The van der Waals surface area contributed by atoms with Gasteiger partial charge < -0.3 is 25.0 Å². The number of aliphatic hydroxyl groups excluding tert-OH is 1. The third kappa shape index (κ3) is 4.95. The SMILES string of the molecule is COc1ccc(C2C(C(=O)NCC(O)CN(C)C)CCC(=O)N2C)cc1. The molecule has 26 heavy (non-hydrogen) atoms. The van der Waals surface area contributed by atoms with Gasteiger partial charge in [-0.3, -0.25) is 9.59 Å². The predicted molar refractivity (Wildman–Crippen MR) is 98.8 cm³/mol. The lowest BCUT2D eigenvalue weighted by Crippen LogP contribution is -2.48. The van der Waals surface area contributed by atoms with E-state index in [4.69, 9.17) is 4.74 Å².